The van der Waals surface area contributed by atoms with Crippen molar-refractivity contribution in [1.29, 1.82) is 0 Å². The SMILES string of the molecule is CCOC(=O)c1c(C)oc(NC(=O)CSc2nc3ccccc3[nH]2)c1C(N)=O. The fourth-order valence-electron chi connectivity index (χ4n) is 2.61. The quantitative estimate of drug-likeness (QED) is 0.407. The first-order valence-corrected chi connectivity index (χ1v) is 9.37. The number of amides is 2. The van der Waals surface area contributed by atoms with Gasteiger partial charge in [-0.1, -0.05) is 23.9 Å². The number of rotatable bonds is 7. The van der Waals surface area contributed by atoms with E-state index in [1.165, 1.54) is 18.7 Å². The van der Waals surface area contributed by atoms with Crippen LogP contribution in [0.4, 0.5) is 5.88 Å². The number of H-pyrrole nitrogens is 1. The van der Waals surface area contributed by atoms with E-state index in [4.69, 9.17) is 14.9 Å². The molecule has 1 aromatic carbocycles. The number of primary amides is 1. The molecule has 0 radical (unpaired) electrons. The molecule has 0 aliphatic carbocycles. The maximum atomic E-state index is 12.3. The molecule has 0 fully saturated rings. The Morgan fingerprint density at radius 1 is 1.29 bits per heavy atom. The summed E-state index contributed by atoms with van der Waals surface area (Å²) < 4.78 is 10.3. The number of nitrogens with one attached hydrogen (secondary N) is 2. The molecule has 0 bridgehead atoms. The fourth-order valence-corrected chi connectivity index (χ4v) is 3.30. The summed E-state index contributed by atoms with van der Waals surface area (Å²) >= 11 is 1.19. The number of para-hydroxylation sites is 2. The van der Waals surface area contributed by atoms with E-state index < -0.39 is 17.8 Å². The summed E-state index contributed by atoms with van der Waals surface area (Å²) in [6.45, 7) is 3.24. The number of ether oxygens (including phenoxy) is 1. The van der Waals surface area contributed by atoms with Crippen LogP contribution in [0.25, 0.3) is 11.0 Å². The highest BCUT2D eigenvalue weighted by atomic mass is 32.2. The molecule has 0 atom stereocenters. The van der Waals surface area contributed by atoms with Gasteiger partial charge in [-0.3, -0.25) is 14.9 Å². The number of benzene rings is 1. The monoisotopic (exact) mass is 402 g/mol. The number of carbonyl (C=O) groups excluding carboxylic acids is 3. The highest BCUT2D eigenvalue weighted by Crippen LogP contribution is 2.28. The van der Waals surface area contributed by atoms with Gasteiger partial charge < -0.3 is 19.9 Å². The lowest BCUT2D eigenvalue weighted by Gasteiger charge is -2.04. The second kappa shape index (κ2) is 8.17. The predicted molar refractivity (Wildman–Crippen MR) is 103 cm³/mol. The summed E-state index contributed by atoms with van der Waals surface area (Å²) in [4.78, 5) is 43.6. The number of thioether (sulfide) groups is 1. The number of hydrogen-bond acceptors (Lipinski definition) is 7. The zero-order chi connectivity index (χ0) is 20.3. The molecule has 0 unspecified atom stereocenters. The Hall–Kier alpha value is -3.27. The third-order valence-corrected chi connectivity index (χ3v) is 4.64. The Morgan fingerprint density at radius 3 is 2.71 bits per heavy atom. The number of aromatic nitrogens is 2. The van der Waals surface area contributed by atoms with E-state index in [1.54, 1.807) is 6.92 Å². The van der Waals surface area contributed by atoms with Gasteiger partial charge in [-0.15, -0.1) is 0 Å². The third kappa shape index (κ3) is 4.01. The molecular weight excluding hydrogens is 384 g/mol. The molecule has 2 aromatic heterocycles. The maximum Gasteiger partial charge on any atom is 0.342 e. The van der Waals surface area contributed by atoms with Crippen molar-refractivity contribution in [3.05, 3.63) is 41.2 Å². The van der Waals surface area contributed by atoms with Crippen molar-refractivity contribution >= 4 is 46.5 Å². The van der Waals surface area contributed by atoms with Crippen LogP contribution in [0.1, 0.15) is 33.4 Å². The third-order valence-electron chi connectivity index (χ3n) is 3.77. The smallest absolute Gasteiger partial charge is 0.342 e. The topological polar surface area (TPSA) is 140 Å². The minimum atomic E-state index is -0.903. The van der Waals surface area contributed by atoms with E-state index in [1.807, 2.05) is 24.3 Å². The molecule has 10 heteroatoms. The minimum Gasteiger partial charge on any atom is -0.462 e. The van der Waals surface area contributed by atoms with E-state index in [9.17, 15) is 14.4 Å². The summed E-state index contributed by atoms with van der Waals surface area (Å²) in [7, 11) is 0. The molecule has 0 saturated heterocycles. The van der Waals surface area contributed by atoms with Gasteiger partial charge in [0, 0.05) is 0 Å². The number of aryl methyl sites for hydroxylation is 1. The summed E-state index contributed by atoms with van der Waals surface area (Å²) in [5, 5.41) is 3.06. The van der Waals surface area contributed by atoms with Gasteiger partial charge in [0.2, 0.25) is 11.8 Å². The van der Waals surface area contributed by atoms with Gasteiger partial charge in [-0.05, 0) is 26.0 Å². The largest absolute Gasteiger partial charge is 0.462 e. The highest BCUT2D eigenvalue weighted by molar-refractivity contribution is 7.99. The van der Waals surface area contributed by atoms with Crippen molar-refractivity contribution in [2.24, 2.45) is 5.73 Å². The summed E-state index contributed by atoms with van der Waals surface area (Å²) in [6.07, 6.45) is 0. The Morgan fingerprint density at radius 2 is 2.04 bits per heavy atom. The molecule has 0 aliphatic rings. The molecule has 0 saturated carbocycles. The number of esters is 1. The van der Waals surface area contributed by atoms with E-state index in [0.29, 0.717) is 5.16 Å². The predicted octanol–water partition coefficient (Wildman–Crippen LogP) is 2.47. The molecule has 9 nitrogen and oxygen atoms in total. The number of anilines is 1. The number of nitrogens with two attached hydrogens (primary N) is 1. The van der Waals surface area contributed by atoms with Crippen molar-refractivity contribution in [3.63, 3.8) is 0 Å². The standard InChI is InChI=1S/C18H18N4O5S/c1-3-26-17(25)13-9(2)27-16(14(13)15(19)24)22-12(23)8-28-18-20-10-6-4-5-7-11(10)21-18/h4-7H,3,8H2,1-2H3,(H2,19,24)(H,20,21)(H,22,23). The van der Waals surface area contributed by atoms with Crippen LogP contribution in [0.15, 0.2) is 33.8 Å². The zero-order valence-corrected chi connectivity index (χ0v) is 16.0. The lowest BCUT2D eigenvalue weighted by Crippen LogP contribution is -2.21. The number of furan rings is 1. The first-order chi connectivity index (χ1) is 13.4. The van der Waals surface area contributed by atoms with Crippen LogP contribution in [0.5, 0.6) is 0 Å². The van der Waals surface area contributed by atoms with E-state index in [-0.39, 0.29) is 35.1 Å². The molecule has 3 rings (SSSR count). The Kier molecular flexibility index (Phi) is 5.69. The van der Waals surface area contributed by atoms with Gasteiger partial charge in [-0.2, -0.15) is 0 Å². The Bertz CT molecular complexity index is 1020. The Balaban J connectivity index is 1.73. The van der Waals surface area contributed by atoms with E-state index in [2.05, 4.69) is 15.3 Å². The van der Waals surface area contributed by atoms with Crippen molar-refractivity contribution in [2.45, 2.75) is 19.0 Å². The first-order valence-electron chi connectivity index (χ1n) is 8.38. The average molecular weight is 402 g/mol. The highest BCUT2D eigenvalue weighted by Gasteiger charge is 2.29. The van der Waals surface area contributed by atoms with Crippen LogP contribution in [0.2, 0.25) is 0 Å². The number of nitrogens with zero attached hydrogens (tertiary/aromatic N) is 1. The summed E-state index contributed by atoms with van der Waals surface area (Å²) in [5.74, 6) is -2.13. The van der Waals surface area contributed by atoms with Crippen LogP contribution >= 0.6 is 11.8 Å². The molecule has 28 heavy (non-hydrogen) atoms. The van der Waals surface area contributed by atoms with Gasteiger partial charge >= 0.3 is 5.97 Å². The van der Waals surface area contributed by atoms with Gasteiger partial charge in [-0.25, -0.2) is 9.78 Å². The second-order valence-electron chi connectivity index (χ2n) is 5.72. The first kappa shape index (κ1) is 19.5. The number of imidazole rings is 1. The van der Waals surface area contributed by atoms with Gasteiger partial charge in [0.1, 0.15) is 16.9 Å². The van der Waals surface area contributed by atoms with Crippen molar-refractivity contribution < 1.29 is 23.5 Å². The molecule has 146 valence electrons. The molecule has 0 aliphatic heterocycles. The lowest BCUT2D eigenvalue weighted by molar-refractivity contribution is -0.113. The molecule has 2 amide bonds. The second-order valence-corrected chi connectivity index (χ2v) is 6.68. The summed E-state index contributed by atoms with van der Waals surface area (Å²) in [6, 6.07) is 7.50. The number of hydrogen-bond donors (Lipinski definition) is 3. The van der Waals surface area contributed by atoms with Crippen molar-refractivity contribution in [2.75, 3.05) is 17.7 Å². The molecule has 0 spiro atoms. The average Bonchev–Trinajstić information content (AvgIpc) is 3.20. The summed E-state index contributed by atoms with van der Waals surface area (Å²) in [5.41, 5.74) is 6.73. The molecule has 2 heterocycles. The lowest BCUT2D eigenvalue weighted by atomic mass is 10.1. The van der Waals surface area contributed by atoms with Gasteiger partial charge in [0.05, 0.1) is 23.4 Å². The normalized spacial score (nSPS) is 10.8. The minimum absolute atomic E-state index is 0.00646. The maximum absolute atomic E-state index is 12.3. The van der Waals surface area contributed by atoms with Crippen LogP contribution in [0.3, 0.4) is 0 Å². The fraction of sp³-hybridized carbons (Fsp3) is 0.222. The molecule has 3 aromatic rings. The van der Waals surface area contributed by atoms with Crippen LogP contribution in [-0.4, -0.2) is 40.1 Å². The van der Waals surface area contributed by atoms with Crippen LogP contribution in [-0.2, 0) is 9.53 Å². The zero-order valence-electron chi connectivity index (χ0n) is 15.2. The van der Waals surface area contributed by atoms with E-state index >= 15 is 0 Å². The molecular formula is C18H18N4O5S. The Labute approximate surface area is 164 Å². The van der Waals surface area contributed by atoms with Crippen molar-refractivity contribution in [3.8, 4) is 0 Å². The van der Waals surface area contributed by atoms with Gasteiger partial charge in [0.15, 0.2) is 5.16 Å². The molecule has 4 N–H and O–H groups in total. The van der Waals surface area contributed by atoms with E-state index in [0.717, 1.165) is 11.0 Å². The number of aromatic amines is 1. The van der Waals surface area contributed by atoms with Crippen molar-refractivity contribution in [1.82, 2.24) is 9.97 Å². The van der Waals surface area contributed by atoms with Gasteiger partial charge in [0.25, 0.3) is 5.91 Å². The van der Waals surface area contributed by atoms with Crippen LogP contribution < -0.4 is 11.1 Å². The van der Waals surface area contributed by atoms with Crippen LogP contribution in [0, 0.1) is 6.92 Å². The number of carbonyl (C=O) groups is 3. The number of fused-ring (bicyclic) bond motifs is 1.